The predicted molar refractivity (Wildman–Crippen MR) is 117 cm³/mol. The smallest absolute Gasteiger partial charge is 0.0817 e. The van der Waals surface area contributed by atoms with Crippen LogP contribution in [-0.4, -0.2) is 61.1 Å². The van der Waals surface area contributed by atoms with E-state index in [1.165, 1.54) is 0 Å². The van der Waals surface area contributed by atoms with Crippen molar-refractivity contribution in [2.75, 3.05) is 46.1 Å². The Bertz CT molecular complexity index is 751. The molecule has 0 radical (unpaired) electrons. The summed E-state index contributed by atoms with van der Waals surface area (Å²) in [7, 11) is 0. The van der Waals surface area contributed by atoms with Gasteiger partial charge in [0, 0.05) is 50.8 Å². The van der Waals surface area contributed by atoms with Crippen LogP contribution in [0.15, 0.2) is 36.7 Å². The number of ether oxygens (including phenoxy) is 3. The fourth-order valence-electron chi connectivity index (χ4n) is 3.76. The highest BCUT2D eigenvalue weighted by Crippen LogP contribution is 2.31. The van der Waals surface area contributed by atoms with E-state index in [1.54, 1.807) is 6.20 Å². The van der Waals surface area contributed by atoms with Crippen LogP contribution in [0, 0.1) is 0 Å². The molecule has 1 unspecified atom stereocenters. The topological polar surface area (TPSA) is 64.0 Å². The van der Waals surface area contributed by atoms with Crippen molar-refractivity contribution in [3.05, 3.63) is 53.3 Å². The van der Waals surface area contributed by atoms with E-state index in [2.05, 4.69) is 28.1 Å². The Hall–Kier alpha value is -1.83. The number of hydrogen-bond donors (Lipinski definition) is 1. The molecule has 6 nitrogen and oxygen atoms in total. The normalized spacial score (nSPS) is 16.0. The average Bonchev–Trinajstić information content (AvgIpc) is 2.80. The first-order chi connectivity index (χ1) is 14.7. The zero-order valence-corrected chi connectivity index (χ0v) is 18.2. The predicted octanol–water partition coefficient (Wildman–Crippen LogP) is 3.58. The molecular formula is C24H34N2O4. The molecule has 1 aromatic heterocycles. The highest BCUT2D eigenvalue weighted by Gasteiger charge is 2.17. The first-order valence-electron chi connectivity index (χ1n) is 10.9. The molecule has 164 valence electrons. The van der Waals surface area contributed by atoms with E-state index in [0.29, 0.717) is 32.8 Å². The van der Waals surface area contributed by atoms with E-state index < -0.39 is 6.10 Å². The maximum absolute atomic E-state index is 10.8. The third kappa shape index (κ3) is 6.33. The molecule has 3 rings (SSSR count). The molecule has 1 aliphatic rings. The molecule has 0 amide bonds. The van der Waals surface area contributed by atoms with E-state index in [4.69, 9.17) is 14.2 Å². The van der Waals surface area contributed by atoms with Gasteiger partial charge in [0.1, 0.15) is 0 Å². The lowest BCUT2D eigenvalue weighted by molar-refractivity contribution is 0.0300. The van der Waals surface area contributed by atoms with Crippen LogP contribution in [0.1, 0.15) is 43.1 Å². The Morgan fingerprint density at radius 2 is 1.73 bits per heavy atom. The van der Waals surface area contributed by atoms with Crippen molar-refractivity contribution >= 4 is 0 Å². The van der Waals surface area contributed by atoms with Crippen LogP contribution in [0.25, 0.3) is 11.1 Å². The van der Waals surface area contributed by atoms with E-state index in [-0.39, 0.29) is 0 Å². The van der Waals surface area contributed by atoms with Gasteiger partial charge in [-0.05, 0) is 48.6 Å². The minimum atomic E-state index is -0.547. The summed E-state index contributed by atoms with van der Waals surface area (Å²) in [4.78, 5) is 6.78. The van der Waals surface area contributed by atoms with Crippen molar-refractivity contribution in [1.82, 2.24) is 9.88 Å². The van der Waals surface area contributed by atoms with Crippen LogP contribution < -0.4 is 0 Å². The van der Waals surface area contributed by atoms with Gasteiger partial charge < -0.3 is 19.3 Å². The Morgan fingerprint density at radius 3 is 2.37 bits per heavy atom. The molecule has 2 heterocycles. The summed E-state index contributed by atoms with van der Waals surface area (Å²) in [5.41, 5.74) is 5.14. The zero-order chi connectivity index (χ0) is 21.2. The fourth-order valence-corrected chi connectivity index (χ4v) is 3.76. The molecule has 30 heavy (non-hydrogen) atoms. The van der Waals surface area contributed by atoms with Gasteiger partial charge in [0.05, 0.1) is 32.5 Å². The summed E-state index contributed by atoms with van der Waals surface area (Å²) in [5, 5.41) is 10.8. The van der Waals surface area contributed by atoms with Crippen LogP contribution >= 0.6 is 0 Å². The maximum Gasteiger partial charge on any atom is 0.0817 e. The molecule has 1 atom stereocenters. The van der Waals surface area contributed by atoms with Crippen LogP contribution in [0.4, 0.5) is 0 Å². The van der Waals surface area contributed by atoms with Crippen LogP contribution in [0.3, 0.4) is 0 Å². The molecule has 1 aliphatic heterocycles. The number of aromatic nitrogens is 1. The SMILES string of the molecule is CCOCc1cccc(COCC)c1-c1cncc(C(O)CCN2CCOCC2)c1. The number of aliphatic hydroxyl groups excluding tert-OH is 1. The lowest BCUT2D eigenvalue weighted by Gasteiger charge is -2.27. The molecule has 0 saturated carbocycles. The van der Waals surface area contributed by atoms with Gasteiger partial charge in [0.2, 0.25) is 0 Å². The van der Waals surface area contributed by atoms with E-state index in [1.807, 2.05) is 26.1 Å². The summed E-state index contributed by atoms with van der Waals surface area (Å²) in [6, 6.07) is 8.27. The molecule has 2 aromatic rings. The lowest BCUT2D eigenvalue weighted by atomic mass is 9.94. The van der Waals surface area contributed by atoms with Gasteiger partial charge in [-0.1, -0.05) is 18.2 Å². The molecule has 0 spiro atoms. The zero-order valence-electron chi connectivity index (χ0n) is 18.2. The van der Waals surface area contributed by atoms with Gasteiger partial charge in [-0.3, -0.25) is 9.88 Å². The minimum absolute atomic E-state index is 0.537. The van der Waals surface area contributed by atoms with Gasteiger partial charge in [-0.15, -0.1) is 0 Å². The van der Waals surface area contributed by atoms with Gasteiger partial charge in [-0.25, -0.2) is 0 Å². The molecule has 0 bridgehead atoms. The van der Waals surface area contributed by atoms with Gasteiger partial charge in [0.15, 0.2) is 0 Å². The number of rotatable bonds is 11. The Kier molecular flexibility index (Phi) is 9.24. The summed E-state index contributed by atoms with van der Waals surface area (Å²) < 4.78 is 16.8. The lowest BCUT2D eigenvalue weighted by Crippen LogP contribution is -2.37. The molecule has 1 aromatic carbocycles. The molecule has 1 N–H and O–H groups in total. The van der Waals surface area contributed by atoms with Crippen molar-refractivity contribution in [2.24, 2.45) is 0 Å². The van der Waals surface area contributed by atoms with E-state index >= 15 is 0 Å². The van der Waals surface area contributed by atoms with Crippen molar-refractivity contribution in [3.8, 4) is 11.1 Å². The van der Waals surface area contributed by atoms with Crippen molar-refractivity contribution in [1.29, 1.82) is 0 Å². The third-order valence-electron chi connectivity index (χ3n) is 5.42. The fraction of sp³-hybridized carbons (Fsp3) is 0.542. The number of hydrogen-bond acceptors (Lipinski definition) is 6. The average molecular weight is 415 g/mol. The van der Waals surface area contributed by atoms with Gasteiger partial charge in [0.25, 0.3) is 0 Å². The summed E-state index contributed by atoms with van der Waals surface area (Å²) in [6.45, 7) is 10.6. The van der Waals surface area contributed by atoms with E-state index in [9.17, 15) is 5.11 Å². The third-order valence-corrected chi connectivity index (χ3v) is 5.42. The monoisotopic (exact) mass is 414 g/mol. The molecule has 1 fully saturated rings. The van der Waals surface area contributed by atoms with Crippen LogP contribution in [0.5, 0.6) is 0 Å². The summed E-state index contributed by atoms with van der Waals surface area (Å²) in [6.07, 6.45) is 3.76. The Morgan fingerprint density at radius 1 is 1.07 bits per heavy atom. The van der Waals surface area contributed by atoms with Crippen LogP contribution in [-0.2, 0) is 27.4 Å². The summed E-state index contributed by atoms with van der Waals surface area (Å²) in [5.74, 6) is 0. The molecule has 1 saturated heterocycles. The van der Waals surface area contributed by atoms with Gasteiger partial charge in [-0.2, -0.15) is 0 Å². The molecule has 0 aliphatic carbocycles. The highest BCUT2D eigenvalue weighted by atomic mass is 16.5. The number of benzene rings is 1. The van der Waals surface area contributed by atoms with E-state index in [0.717, 1.165) is 60.7 Å². The Labute approximate surface area is 179 Å². The number of pyridine rings is 1. The second-order valence-corrected chi connectivity index (χ2v) is 7.49. The molecular weight excluding hydrogens is 380 g/mol. The minimum Gasteiger partial charge on any atom is -0.388 e. The second-order valence-electron chi connectivity index (χ2n) is 7.49. The van der Waals surface area contributed by atoms with Crippen LogP contribution in [0.2, 0.25) is 0 Å². The van der Waals surface area contributed by atoms with Crippen molar-refractivity contribution < 1.29 is 19.3 Å². The first-order valence-corrected chi connectivity index (χ1v) is 10.9. The van der Waals surface area contributed by atoms with Crippen molar-refractivity contribution in [2.45, 2.75) is 39.6 Å². The van der Waals surface area contributed by atoms with Crippen molar-refractivity contribution in [3.63, 3.8) is 0 Å². The number of nitrogens with zero attached hydrogens (tertiary/aromatic N) is 2. The second kappa shape index (κ2) is 12.1. The summed E-state index contributed by atoms with van der Waals surface area (Å²) >= 11 is 0. The quantitative estimate of drug-likeness (QED) is 0.606. The standard InChI is InChI=1S/C24H34N2O4/c1-3-28-17-19-6-5-7-20(18-29-4-2)24(19)22-14-21(15-25-16-22)23(27)8-9-26-10-12-30-13-11-26/h5-7,14-16,23,27H,3-4,8-13,17-18H2,1-2H3. The highest BCUT2D eigenvalue weighted by molar-refractivity contribution is 5.71. The molecule has 6 heteroatoms. The Balaban J connectivity index is 1.81. The number of aliphatic hydroxyl groups is 1. The first kappa shape index (κ1) is 22.8. The number of morpholine rings is 1. The largest absolute Gasteiger partial charge is 0.388 e. The van der Waals surface area contributed by atoms with Gasteiger partial charge >= 0.3 is 0 Å². The maximum atomic E-state index is 10.8.